The quantitative estimate of drug-likeness (QED) is 0.866. The second-order valence-electron chi connectivity index (χ2n) is 3.91. The molecule has 1 N–H and O–H groups in total. The zero-order valence-corrected chi connectivity index (χ0v) is 9.78. The molecule has 1 aliphatic heterocycles. The molecule has 1 aromatic rings. The molecule has 1 aliphatic rings. The summed E-state index contributed by atoms with van der Waals surface area (Å²) in [6.07, 6.45) is -0.0628. The number of carbonyl (C=O) groups is 1. The van der Waals surface area contributed by atoms with Crippen molar-refractivity contribution in [3.63, 3.8) is 0 Å². The molecule has 1 fully saturated rings. The fourth-order valence-electron chi connectivity index (χ4n) is 1.87. The van der Waals surface area contributed by atoms with Gasteiger partial charge in [0.25, 0.3) is 0 Å². The molecule has 1 atom stereocenters. The van der Waals surface area contributed by atoms with Crippen LogP contribution in [0.3, 0.4) is 0 Å². The van der Waals surface area contributed by atoms with E-state index in [1.807, 2.05) is 6.07 Å². The number of carboxylic acids is 1. The van der Waals surface area contributed by atoms with Crippen molar-refractivity contribution in [3.05, 3.63) is 22.4 Å². The predicted octanol–water partition coefficient (Wildman–Crippen LogP) is 1.42. The number of carboxylic acid groups (broad SMARTS) is 1. The number of ether oxygens (including phenoxy) is 1. The maximum absolute atomic E-state index is 10.6. The third-order valence-corrected chi connectivity index (χ3v) is 3.45. The lowest BCUT2D eigenvalue weighted by atomic mass is 10.2. The van der Waals surface area contributed by atoms with Gasteiger partial charge >= 0.3 is 5.97 Å². The zero-order chi connectivity index (χ0) is 11.4. The molecule has 0 aliphatic carbocycles. The molecule has 0 saturated carbocycles. The molecule has 0 aromatic carbocycles. The van der Waals surface area contributed by atoms with Crippen LogP contribution in [0.1, 0.15) is 11.3 Å². The summed E-state index contributed by atoms with van der Waals surface area (Å²) < 4.78 is 5.42. The molecule has 0 spiro atoms. The normalized spacial score (nSPS) is 22.1. The van der Waals surface area contributed by atoms with Gasteiger partial charge in [0, 0.05) is 24.5 Å². The number of nitrogens with zero attached hydrogens (tertiary/aromatic N) is 1. The molecular formula is C11H15NO3S. The van der Waals surface area contributed by atoms with E-state index in [-0.39, 0.29) is 12.5 Å². The van der Waals surface area contributed by atoms with E-state index >= 15 is 0 Å². The van der Waals surface area contributed by atoms with E-state index in [0.29, 0.717) is 13.2 Å². The Morgan fingerprint density at radius 3 is 3.25 bits per heavy atom. The number of thiophene rings is 1. The molecule has 4 nitrogen and oxygen atoms in total. The largest absolute Gasteiger partial charge is 0.481 e. The van der Waals surface area contributed by atoms with Crippen LogP contribution in [0.5, 0.6) is 0 Å². The lowest BCUT2D eigenvalue weighted by Gasteiger charge is -2.31. The lowest BCUT2D eigenvalue weighted by molar-refractivity contribution is -0.142. The molecule has 1 aromatic heterocycles. The van der Waals surface area contributed by atoms with Crippen LogP contribution in [0, 0.1) is 0 Å². The molecular weight excluding hydrogens is 226 g/mol. The van der Waals surface area contributed by atoms with Crippen molar-refractivity contribution in [2.75, 3.05) is 19.7 Å². The topological polar surface area (TPSA) is 49.8 Å². The molecule has 0 radical (unpaired) electrons. The fourth-order valence-corrected chi connectivity index (χ4v) is 2.61. The number of hydrogen-bond donors (Lipinski definition) is 1. The Bertz CT molecular complexity index is 339. The zero-order valence-electron chi connectivity index (χ0n) is 8.96. The monoisotopic (exact) mass is 241 g/mol. The van der Waals surface area contributed by atoms with Gasteiger partial charge in [-0.2, -0.15) is 0 Å². The molecule has 16 heavy (non-hydrogen) atoms. The van der Waals surface area contributed by atoms with Crippen LogP contribution < -0.4 is 0 Å². The van der Waals surface area contributed by atoms with E-state index in [2.05, 4.69) is 16.3 Å². The van der Waals surface area contributed by atoms with Crippen LogP contribution in [0.4, 0.5) is 0 Å². The lowest BCUT2D eigenvalue weighted by Crippen LogP contribution is -2.42. The van der Waals surface area contributed by atoms with Crippen molar-refractivity contribution < 1.29 is 14.6 Å². The molecule has 88 valence electrons. The molecule has 1 saturated heterocycles. The van der Waals surface area contributed by atoms with E-state index in [1.54, 1.807) is 11.3 Å². The maximum atomic E-state index is 10.6. The van der Waals surface area contributed by atoms with Crippen LogP contribution in [0.25, 0.3) is 0 Å². The predicted molar refractivity (Wildman–Crippen MR) is 61.6 cm³/mol. The van der Waals surface area contributed by atoms with Crippen LogP contribution in [0.15, 0.2) is 17.5 Å². The molecule has 2 heterocycles. The highest BCUT2D eigenvalue weighted by Crippen LogP contribution is 2.15. The Balaban J connectivity index is 1.84. The number of hydrogen-bond acceptors (Lipinski definition) is 4. The summed E-state index contributed by atoms with van der Waals surface area (Å²) >= 11 is 1.73. The van der Waals surface area contributed by atoms with E-state index in [1.165, 1.54) is 4.88 Å². The number of rotatable bonds is 4. The minimum absolute atomic E-state index is 0.0982. The summed E-state index contributed by atoms with van der Waals surface area (Å²) in [4.78, 5) is 14.2. The minimum Gasteiger partial charge on any atom is -0.481 e. The Hall–Kier alpha value is -0.910. The third-order valence-electron chi connectivity index (χ3n) is 2.58. The van der Waals surface area contributed by atoms with Gasteiger partial charge in [0.05, 0.1) is 19.1 Å². The van der Waals surface area contributed by atoms with Crippen molar-refractivity contribution in [3.8, 4) is 0 Å². The first kappa shape index (κ1) is 11.6. The first-order valence-electron chi connectivity index (χ1n) is 5.32. The summed E-state index contributed by atoms with van der Waals surface area (Å²) in [6.45, 7) is 3.12. The second-order valence-corrected chi connectivity index (χ2v) is 4.94. The molecule has 0 bridgehead atoms. The Kier molecular flexibility index (Phi) is 3.93. The Labute approximate surface area is 98.4 Å². The van der Waals surface area contributed by atoms with Crippen LogP contribution in [0.2, 0.25) is 0 Å². The Morgan fingerprint density at radius 1 is 1.69 bits per heavy atom. The average Bonchev–Trinajstić information content (AvgIpc) is 2.70. The average molecular weight is 241 g/mol. The summed E-state index contributed by atoms with van der Waals surface area (Å²) in [6, 6.07) is 4.14. The van der Waals surface area contributed by atoms with E-state index in [9.17, 15) is 4.79 Å². The number of morpholine rings is 1. The van der Waals surface area contributed by atoms with E-state index in [4.69, 9.17) is 9.84 Å². The van der Waals surface area contributed by atoms with Crippen LogP contribution in [-0.4, -0.2) is 41.8 Å². The van der Waals surface area contributed by atoms with Gasteiger partial charge < -0.3 is 9.84 Å². The van der Waals surface area contributed by atoms with Gasteiger partial charge in [-0.3, -0.25) is 9.69 Å². The minimum atomic E-state index is -0.789. The summed E-state index contributed by atoms with van der Waals surface area (Å²) in [7, 11) is 0. The van der Waals surface area contributed by atoms with Gasteiger partial charge in [-0.05, 0) is 11.4 Å². The summed E-state index contributed by atoms with van der Waals surface area (Å²) in [5.74, 6) is -0.789. The summed E-state index contributed by atoms with van der Waals surface area (Å²) in [5.41, 5.74) is 0. The van der Waals surface area contributed by atoms with Crippen molar-refractivity contribution in [2.45, 2.75) is 19.1 Å². The Morgan fingerprint density at radius 2 is 2.56 bits per heavy atom. The third kappa shape index (κ3) is 3.30. The number of aliphatic carboxylic acids is 1. The molecule has 5 heteroatoms. The van der Waals surface area contributed by atoms with Crippen molar-refractivity contribution in [1.29, 1.82) is 0 Å². The fraction of sp³-hybridized carbons (Fsp3) is 0.545. The van der Waals surface area contributed by atoms with Crippen molar-refractivity contribution in [1.82, 2.24) is 4.90 Å². The van der Waals surface area contributed by atoms with Crippen LogP contribution in [-0.2, 0) is 16.1 Å². The van der Waals surface area contributed by atoms with Crippen molar-refractivity contribution in [2.24, 2.45) is 0 Å². The highest BCUT2D eigenvalue weighted by atomic mass is 32.1. The highest BCUT2D eigenvalue weighted by molar-refractivity contribution is 7.09. The maximum Gasteiger partial charge on any atom is 0.306 e. The SMILES string of the molecule is O=C(O)CC1CN(Cc2cccs2)CCO1. The van der Waals surface area contributed by atoms with Gasteiger partial charge in [0.2, 0.25) is 0 Å². The van der Waals surface area contributed by atoms with Gasteiger partial charge in [-0.15, -0.1) is 11.3 Å². The van der Waals surface area contributed by atoms with Gasteiger partial charge in [0.15, 0.2) is 0 Å². The van der Waals surface area contributed by atoms with Gasteiger partial charge in [0.1, 0.15) is 0 Å². The van der Waals surface area contributed by atoms with Gasteiger partial charge in [-0.25, -0.2) is 0 Å². The first-order chi connectivity index (χ1) is 7.74. The molecule has 2 rings (SSSR count). The molecule has 0 amide bonds. The summed E-state index contributed by atoms with van der Waals surface area (Å²) in [5, 5.41) is 10.8. The van der Waals surface area contributed by atoms with Gasteiger partial charge in [-0.1, -0.05) is 6.07 Å². The standard InChI is InChI=1S/C11H15NO3S/c13-11(14)6-9-7-12(3-4-15-9)8-10-2-1-5-16-10/h1-2,5,9H,3-4,6-8H2,(H,13,14). The highest BCUT2D eigenvalue weighted by Gasteiger charge is 2.22. The second kappa shape index (κ2) is 5.43. The van der Waals surface area contributed by atoms with E-state index in [0.717, 1.165) is 13.1 Å². The van der Waals surface area contributed by atoms with E-state index < -0.39 is 5.97 Å². The smallest absolute Gasteiger partial charge is 0.306 e. The molecule has 1 unspecified atom stereocenters. The van der Waals surface area contributed by atoms with Crippen LogP contribution >= 0.6 is 11.3 Å². The van der Waals surface area contributed by atoms with Crippen molar-refractivity contribution >= 4 is 17.3 Å². The first-order valence-corrected chi connectivity index (χ1v) is 6.20.